The molecule has 2 aromatic carbocycles. The second-order valence-corrected chi connectivity index (χ2v) is 8.81. The van der Waals surface area contributed by atoms with Gasteiger partial charge in [-0.1, -0.05) is 60.1 Å². The van der Waals surface area contributed by atoms with Crippen LogP contribution in [0.15, 0.2) is 60.7 Å². The van der Waals surface area contributed by atoms with Crippen molar-refractivity contribution in [3.8, 4) is 11.1 Å². The summed E-state index contributed by atoms with van der Waals surface area (Å²) in [5.74, 6) is -1.87. The molecule has 1 heterocycles. The normalized spacial score (nSPS) is 13.2. The number of benzene rings is 2. The molecule has 3 aromatic rings. The summed E-state index contributed by atoms with van der Waals surface area (Å²) in [4.78, 5) is 36.5. The van der Waals surface area contributed by atoms with Crippen LogP contribution in [-0.4, -0.2) is 35.6 Å². The third-order valence-corrected chi connectivity index (χ3v) is 6.44. The smallest absolute Gasteiger partial charge is 0.407 e. The van der Waals surface area contributed by atoms with E-state index in [-0.39, 0.29) is 12.5 Å². The summed E-state index contributed by atoms with van der Waals surface area (Å²) in [6.07, 6.45) is -1.28. The third-order valence-electron chi connectivity index (χ3n) is 5.17. The number of aliphatic carboxylic acids is 1. The highest BCUT2D eigenvalue weighted by molar-refractivity contribution is 7.18. The number of hydrogen-bond donors (Lipinski definition) is 2. The lowest BCUT2D eigenvalue weighted by molar-refractivity contribution is -0.139. The summed E-state index contributed by atoms with van der Waals surface area (Å²) in [5, 5.41) is 11.7. The summed E-state index contributed by atoms with van der Waals surface area (Å²) >= 11 is 6.88. The largest absolute Gasteiger partial charge is 0.480 e. The molecule has 6 nitrogen and oxygen atoms in total. The molecule has 1 amide bonds. The number of hydrogen-bond acceptors (Lipinski definition) is 5. The number of nitrogens with one attached hydrogen (secondary N) is 1. The zero-order valence-electron chi connectivity index (χ0n) is 16.2. The van der Waals surface area contributed by atoms with E-state index >= 15 is 0 Å². The number of carboxylic acid groups (broad SMARTS) is 1. The molecule has 31 heavy (non-hydrogen) atoms. The average molecular weight is 456 g/mol. The quantitative estimate of drug-likeness (QED) is 0.491. The van der Waals surface area contributed by atoms with E-state index in [0.717, 1.165) is 33.6 Å². The van der Waals surface area contributed by atoms with Gasteiger partial charge in [-0.2, -0.15) is 0 Å². The molecule has 1 unspecified atom stereocenters. The number of carbonyl (C=O) groups is 3. The maximum absolute atomic E-state index is 12.3. The number of ether oxygens (including phenoxy) is 1. The fraction of sp³-hybridized carbons (Fsp3) is 0.174. The first-order chi connectivity index (χ1) is 14.9. The van der Waals surface area contributed by atoms with E-state index in [9.17, 15) is 19.5 Å². The maximum atomic E-state index is 12.3. The van der Waals surface area contributed by atoms with E-state index in [0.29, 0.717) is 9.21 Å². The van der Waals surface area contributed by atoms with Crippen molar-refractivity contribution in [2.24, 2.45) is 0 Å². The Labute approximate surface area is 187 Å². The Bertz CT molecular complexity index is 1110. The van der Waals surface area contributed by atoms with Gasteiger partial charge in [0.25, 0.3) is 0 Å². The lowest BCUT2D eigenvalue weighted by atomic mass is 9.98. The number of carbonyl (C=O) groups excluding carboxylic acids is 2. The van der Waals surface area contributed by atoms with Gasteiger partial charge in [-0.3, -0.25) is 4.79 Å². The summed E-state index contributed by atoms with van der Waals surface area (Å²) in [6, 6.07) is 17.5. The van der Waals surface area contributed by atoms with Gasteiger partial charge in [0.1, 0.15) is 12.6 Å². The molecule has 1 aliphatic rings. The Morgan fingerprint density at radius 1 is 1.00 bits per heavy atom. The Kier molecular flexibility index (Phi) is 6.06. The van der Waals surface area contributed by atoms with Crippen molar-refractivity contribution in [3.05, 3.63) is 81.0 Å². The number of alkyl carbamates (subject to hydrolysis) is 1. The molecule has 8 heteroatoms. The van der Waals surface area contributed by atoms with E-state index in [4.69, 9.17) is 16.3 Å². The molecule has 2 N–H and O–H groups in total. The van der Waals surface area contributed by atoms with Crippen LogP contribution >= 0.6 is 22.9 Å². The predicted octanol–water partition coefficient (Wildman–Crippen LogP) is 4.97. The van der Waals surface area contributed by atoms with Crippen molar-refractivity contribution < 1.29 is 24.2 Å². The fourth-order valence-electron chi connectivity index (χ4n) is 3.73. The standard InChI is InChI=1S/C23H18ClNO5S/c24-21-10-9-20(31-21)19(26)11-18(22(27)28)25-23(29)30-12-17-15-7-3-1-5-13(15)14-6-2-4-8-16(14)17/h1-10,17-18H,11-12H2,(H,25,29)(H,27,28). The van der Waals surface area contributed by atoms with E-state index in [1.807, 2.05) is 48.5 Å². The number of thiophene rings is 1. The van der Waals surface area contributed by atoms with Gasteiger partial charge in [-0.05, 0) is 34.4 Å². The molecule has 0 saturated heterocycles. The molecule has 1 aromatic heterocycles. The molecule has 0 aliphatic heterocycles. The summed E-state index contributed by atoms with van der Waals surface area (Å²) in [7, 11) is 0. The molecular formula is C23H18ClNO5S. The van der Waals surface area contributed by atoms with Crippen molar-refractivity contribution in [1.29, 1.82) is 0 Å². The van der Waals surface area contributed by atoms with Crippen molar-refractivity contribution in [3.63, 3.8) is 0 Å². The predicted molar refractivity (Wildman–Crippen MR) is 118 cm³/mol. The van der Waals surface area contributed by atoms with E-state index in [1.165, 1.54) is 6.07 Å². The van der Waals surface area contributed by atoms with Crippen molar-refractivity contribution in [2.75, 3.05) is 6.61 Å². The van der Waals surface area contributed by atoms with E-state index in [2.05, 4.69) is 5.32 Å². The Balaban J connectivity index is 1.41. The molecule has 0 bridgehead atoms. The highest BCUT2D eigenvalue weighted by atomic mass is 35.5. The third kappa shape index (κ3) is 4.47. The Morgan fingerprint density at radius 3 is 2.16 bits per heavy atom. The van der Waals surface area contributed by atoms with Crippen LogP contribution < -0.4 is 5.32 Å². The van der Waals surface area contributed by atoms with Crippen LogP contribution in [0.5, 0.6) is 0 Å². The lowest BCUT2D eigenvalue weighted by Crippen LogP contribution is -2.42. The number of Topliss-reactive ketones (excluding diaryl/α,β-unsaturated/α-hetero) is 1. The van der Waals surface area contributed by atoms with Crippen LogP contribution in [0.4, 0.5) is 4.79 Å². The molecule has 1 atom stereocenters. The van der Waals surface area contributed by atoms with Crippen LogP contribution in [0.2, 0.25) is 4.34 Å². The first-order valence-electron chi connectivity index (χ1n) is 9.57. The van der Waals surface area contributed by atoms with Gasteiger partial charge >= 0.3 is 12.1 Å². The first-order valence-corrected chi connectivity index (χ1v) is 10.8. The molecule has 0 fully saturated rings. The number of rotatable bonds is 7. The second-order valence-electron chi connectivity index (χ2n) is 7.09. The van der Waals surface area contributed by atoms with E-state index < -0.39 is 30.3 Å². The molecule has 0 radical (unpaired) electrons. The summed E-state index contributed by atoms with van der Waals surface area (Å²) in [6.45, 7) is 0.0562. The van der Waals surface area contributed by atoms with Crippen LogP contribution in [0.1, 0.15) is 33.1 Å². The SMILES string of the molecule is O=C(NC(CC(=O)c1ccc(Cl)s1)C(=O)O)OCC1c2ccccc2-c2ccccc21. The Hall–Kier alpha value is -3.16. The van der Waals surface area contributed by atoms with Gasteiger partial charge in [0.05, 0.1) is 9.21 Å². The average Bonchev–Trinajstić information content (AvgIpc) is 3.33. The van der Waals surface area contributed by atoms with Crippen molar-refractivity contribution in [2.45, 2.75) is 18.4 Å². The van der Waals surface area contributed by atoms with Gasteiger partial charge in [0.2, 0.25) is 0 Å². The topological polar surface area (TPSA) is 92.7 Å². The van der Waals surface area contributed by atoms with Gasteiger partial charge in [0.15, 0.2) is 5.78 Å². The monoisotopic (exact) mass is 455 g/mol. The van der Waals surface area contributed by atoms with E-state index in [1.54, 1.807) is 6.07 Å². The number of amides is 1. The molecule has 158 valence electrons. The zero-order chi connectivity index (χ0) is 22.0. The van der Waals surface area contributed by atoms with Crippen molar-refractivity contribution >= 4 is 40.8 Å². The summed E-state index contributed by atoms with van der Waals surface area (Å²) in [5.41, 5.74) is 4.29. The zero-order valence-corrected chi connectivity index (χ0v) is 17.8. The molecule has 0 saturated carbocycles. The van der Waals surface area contributed by atoms with Crippen LogP contribution in [0.25, 0.3) is 11.1 Å². The van der Waals surface area contributed by atoms with Gasteiger partial charge in [-0.25, -0.2) is 9.59 Å². The van der Waals surface area contributed by atoms with Crippen LogP contribution in [0, 0.1) is 0 Å². The molecular weight excluding hydrogens is 438 g/mol. The minimum atomic E-state index is -1.40. The Morgan fingerprint density at radius 2 is 1.61 bits per heavy atom. The first kappa shape index (κ1) is 21.1. The highest BCUT2D eigenvalue weighted by Gasteiger charge is 2.30. The van der Waals surface area contributed by atoms with Crippen LogP contribution in [-0.2, 0) is 9.53 Å². The van der Waals surface area contributed by atoms with Gasteiger partial charge in [-0.15, -0.1) is 11.3 Å². The number of fused-ring (bicyclic) bond motifs is 3. The number of carboxylic acids is 1. The highest BCUT2D eigenvalue weighted by Crippen LogP contribution is 2.44. The number of halogens is 1. The summed E-state index contributed by atoms with van der Waals surface area (Å²) < 4.78 is 5.80. The minimum absolute atomic E-state index is 0.0562. The molecule has 0 spiro atoms. The minimum Gasteiger partial charge on any atom is -0.480 e. The maximum Gasteiger partial charge on any atom is 0.407 e. The van der Waals surface area contributed by atoms with Gasteiger partial charge in [0, 0.05) is 12.3 Å². The van der Waals surface area contributed by atoms with Crippen molar-refractivity contribution in [1.82, 2.24) is 5.32 Å². The fourth-order valence-corrected chi connectivity index (χ4v) is 4.72. The lowest BCUT2D eigenvalue weighted by Gasteiger charge is -2.17. The second kappa shape index (κ2) is 8.91. The van der Waals surface area contributed by atoms with Crippen LogP contribution in [0.3, 0.4) is 0 Å². The van der Waals surface area contributed by atoms with Gasteiger partial charge < -0.3 is 15.2 Å². The molecule has 1 aliphatic carbocycles. The molecule has 4 rings (SSSR count). The number of ketones is 1.